The van der Waals surface area contributed by atoms with Gasteiger partial charge in [0.05, 0.1) is 5.75 Å². The molecule has 1 heterocycles. The molecule has 140 valence electrons. The maximum atomic E-state index is 12.7. The zero-order chi connectivity index (χ0) is 18.6. The van der Waals surface area contributed by atoms with Crippen LogP contribution < -0.4 is 4.72 Å². The molecule has 0 amide bonds. The van der Waals surface area contributed by atoms with Crippen molar-refractivity contribution >= 4 is 26.7 Å². The van der Waals surface area contributed by atoms with Crippen molar-refractivity contribution in [3.8, 4) is 0 Å². The predicted octanol–water partition coefficient (Wildman–Crippen LogP) is 3.03. The summed E-state index contributed by atoms with van der Waals surface area (Å²) in [5.74, 6) is 0.396. The van der Waals surface area contributed by atoms with Crippen LogP contribution in [0, 0.1) is 16.7 Å². The van der Waals surface area contributed by atoms with E-state index in [4.69, 9.17) is 0 Å². The first-order valence-corrected chi connectivity index (χ1v) is 11.0. The van der Waals surface area contributed by atoms with Gasteiger partial charge >= 0.3 is 0 Å². The van der Waals surface area contributed by atoms with Gasteiger partial charge in [-0.15, -0.1) is 0 Å². The summed E-state index contributed by atoms with van der Waals surface area (Å²) in [5.41, 5.74) is 1.22. The third kappa shape index (κ3) is 2.62. The molecule has 0 radical (unpaired) electrons. The van der Waals surface area contributed by atoms with Crippen molar-refractivity contribution in [3.63, 3.8) is 0 Å². The Bertz CT molecular complexity index is 960. The minimum Gasteiger partial charge on any atom is -0.361 e. The lowest BCUT2D eigenvalue weighted by atomic mass is 9.70. The van der Waals surface area contributed by atoms with E-state index in [1.54, 1.807) is 0 Å². The van der Waals surface area contributed by atoms with Crippen molar-refractivity contribution in [3.05, 3.63) is 36.0 Å². The number of Topliss-reactive ketones (excluding diaryl/α,β-unsaturated/α-hetero) is 1. The lowest BCUT2D eigenvalue weighted by Crippen LogP contribution is -2.45. The third-order valence-electron chi connectivity index (χ3n) is 6.97. The summed E-state index contributed by atoms with van der Waals surface area (Å²) in [7, 11) is -3.50. The summed E-state index contributed by atoms with van der Waals surface area (Å²) < 4.78 is 28.2. The smallest absolute Gasteiger partial charge is 0.212 e. The van der Waals surface area contributed by atoms with E-state index in [9.17, 15) is 13.2 Å². The number of H-pyrrole nitrogens is 1. The molecular weight excluding hydrogens is 348 g/mol. The molecule has 2 aliphatic carbocycles. The topological polar surface area (TPSA) is 79.0 Å². The van der Waals surface area contributed by atoms with Gasteiger partial charge in [-0.25, -0.2) is 13.1 Å². The first-order chi connectivity index (χ1) is 12.3. The molecule has 4 rings (SSSR count). The second-order valence-corrected chi connectivity index (χ2v) is 10.2. The highest BCUT2D eigenvalue weighted by Crippen LogP contribution is 2.64. The summed E-state index contributed by atoms with van der Waals surface area (Å²) >= 11 is 0. The van der Waals surface area contributed by atoms with E-state index in [2.05, 4.69) is 23.6 Å². The molecule has 26 heavy (non-hydrogen) atoms. The molecule has 0 unspecified atom stereocenters. The molecule has 2 fully saturated rings. The highest BCUT2D eigenvalue weighted by Gasteiger charge is 2.65. The molecule has 0 spiro atoms. The van der Waals surface area contributed by atoms with Crippen LogP contribution in [0.2, 0.25) is 0 Å². The van der Waals surface area contributed by atoms with Crippen LogP contribution in [-0.4, -0.2) is 31.5 Å². The molecule has 5 nitrogen and oxygen atoms in total. The van der Waals surface area contributed by atoms with Gasteiger partial charge in [-0.2, -0.15) is 0 Å². The Morgan fingerprint density at radius 2 is 2.04 bits per heavy atom. The Morgan fingerprint density at radius 1 is 1.27 bits per heavy atom. The van der Waals surface area contributed by atoms with E-state index in [0.29, 0.717) is 31.7 Å². The van der Waals surface area contributed by atoms with Crippen LogP contribution in [0.1, 0.15) is 38.7 Å². The summed E-state index contributed by atoms with van der Waals surface area (Å²) in [6, 6.07) is 7.99. The van der Waals surface area contributed by atoms with E-state index < -0.39 is 15.4 Å². The number of rotatable bonds is 6. The number of hydrogen-bond donors (Lipinski definition) is 2. The van der Waals surface area contributed by atoms with Crippen molar-refractivity contribution in [1.29, 1.82) is 0 Å². The van der Waals surface area contributed by atoms with Crippen molar-refractivity contribution in [2.75, 3.05) is 12.3 Å². The van der Waals surface area contributed by atoms with Crippen LogP contribution in [0.15, 0.2) is 30.5 Å². The maximum Gasteiger partial charge on any atom is 0.212 e. The molecule has 2 atom stereocenters. The number of fused-ring (bicyclic) bond motifs is 3. The largest absolute Gasteiger partial charge is 0.361 e. The van der Waals surface area contributed by atoms with Gasteiger partial charge in [0.15, 0.2) is 0 Å². The first-order valence-electron chi connectivity index (χ1n) is 9.31. The summed E-state index contributed by atoms with van der Waals surface area (Å²) in [6.45, 7) is 4.48. The molecule has 1 aromatic heterocycles. The van der Waals surface area contributed by atoms with E-state index in [0.717, 1.165) is 22.9 Å². The lowest BCUT2D eigenvalue weighted by Gasteiger charge is -2.36. The average molecular weight is 375 g/mol. The first kappa shape index (κ1) is 17.7. The maximum absolute atomic E-state index is 12.7. The fourth-order valence-corrected chi connectivity index (χ4v) is 7.00. The molecule has 6 heteroatoms. The third-order valence-corrected chi connectivity index (χ3v) is 8.48. The minimum atomic E-state index is -3.50. The quantitative estimate of drug-likeness (QED) is 0.816. The monoisotopic (exact) mass is 374 g/mol. The van der Waals surface area contributed by atoms with Crippen LogP contribution in [0.25, 0.3) is 10.9 Å². The van der Waals surface area contributed by atoms with Crippen LogP contribution in [-0.2, 0) is 21.2 Å². The van der Waals surface area contributed by atoms with Gasteiger partial charge < -0.3 is 4.98 Å². The number of nitrogens with one attached hydrogen (secondary N) is 2. The van der Waals surface area contributed by atoms with Gasteiger partial charge in [0, 0.05) is 35.5 Å². The number of sulfonamides is 1. The second-order valence-electron chi connectivity index (χ2n) is 8.43. The SMILES string of the molecule is CC1(C)[C@@H]2CC[C@@]1(CS(=O)(=O)NCCc1c[nH]c3ccccc13)C(=O)C2. The summed E-state index contributed by atoms with van der Waals surface area (Å²) in [4.78, 5) is 15.8. The van der Waals surface area contributed by atoms with Gasteiger partial charge in [0.1, 0.15) is 5.78 Å². The standard InChI is InChI=1S/C20H26N2O3S/c1-19(2)15-7-9-20(19,18(23)11-15)13-26(24,25)22-10-8-14-12-21-17-6-4-3-5-16(14)17/h3-6,12,15,21-22H,7-11,13H2,1-2H3/t15-,20-/m1/s1. The number of hydrogen-bond acceptors (Lipinski definition) is 3. The second kappa shape index (κ2) is 5.92. The lowest BCUT2D eigenvalue weighted by molar-refractivity contribution is -0.128. The zero-order valence-corrected chi connectivity index (χ0v) is 16.2. The molecule has 2 saturated carbocycles. The fraction of sp³-hybridized carbons (Fsp3) is 0.550. The van der Waals surface area contributed by atoms with E-state index >= 15 is 0 Å². The van der Waals surface area contributed by atoms with Gasteiger partial charge in [-0.3, -0.25) is 4.79 Å². The van der Waals surface area contributed by atoms with Gasteiger partial charge in [-0.05, 0) is 42.2 Å². The van der Waals surface area contributed by atoms with E-state index in [-0.39, 0.29) is 17.0 Å². The highest BCUT2D eigenvalue weighted by atomic mass is 32.2. The zero-order valence-electron chi connectivity index (χ0n) is 15.3. The molecular formula is C20H26N2O3S. The van der Waals surface area contributed by atoms with Crippen molar-refractivity contribution in [1.82, 2.24) is 9.71 Å². The van der Waals surface area contributed by atoms with E-state index in [1.807, 2.05) is 30.5 Å². The summed E-state index contributed by atoms with van der Waals surface area (Å²) in [5, 5.41) is 1.12. The number of ketones is 1. The number of carbonyl (C=O) groups excluding carboxylic acids is 1. The number of carbonyl (C=O) groups is 1. The van der Waals surface area contributed by atoms with Crippen LogP contribution in [0.3, 0.4) is 0 Å². The molecule has 0 aliphatic heterocycles. The highest BCUT2D eigenvalue weighted by molar-refractivity contribution is 7.89. The number of aromatic amines is 1. The van der Waals surface area contributed by atoms with Crippen molar-refractivity contribution < 1.29 is 13.2 Å². The van der Waals surface area contributed by atoms with Gasteiger partial charge in [0.2, 0.25) is 10.0 Å². The molecule has 2 aliphatic rings. The average Bonchev–Trinajstić information content (AvgIpc) is 3.14. The van der Waals surface area contributed by atoms with Crippen molar-refractivity contribution in [2.24, 2.45) is 16.7 Å². The van der Waals surface area contributed by atoms with E-state index in [1.165, 1.54) is 0 Å². The van der Waals surface area contributed by atoms with Crippen LogP contribution >= 0.6 is 0 Å². The Kier molecular flexibility index (Phi) is 4.04. The predicted molar refractivity (Wildman–Crippen MR) is 102 cm³/mol. The normalized spacial score (nSPS) is 27.5. The Labute approximate surface area is 154 Å². The molecule has 2 bridgehead atoms. The fourth-order valence-electron chi connectivity index (χ4n) is 5.16. The van der Waals surface area contributed by atoms with Gasteiger partial charge in [-0.1, -0.05) is 32.0 Å². The molecule has 0 saturated heterocycles. The number of benzene rings is 1. The van der Waals surface area contributed by atoms with Gasteiger partial charge in [0.25, 0.3) is 0 Å². The number of para-hydroxylation sites is 1. The molecule has 2 aromatic rings. The Morgan fingerprint density at radius 3 is 2.73 bits per heavy atom. The number of aromatic nitrogens is 1. The van der Waals surface area contributed by atoms with Crippen LogP contribution in [0.4, 0.5) is 0 Å². The minimum absolute atomic E-state index is 0.0732. The van der Waals surface area contributed by atoms with Crippen molar-refractivity contribution in [2.45, 2.75) is 39.5 Å². The molecule has 1 aromatic carbocycles. The van der Waals surface area contributed by atoms with Crippen LogP contribution in [0.5, 0.6) is 0 Å². The summed E-state index contributed by atoms with van der Waals surface area (Å²) in [6.07, 6.45) is 4.76. The molecule has 2 N–H and O–H groups in total. The Balaban J connectivity index is 1.44. The Hall–Kier alpha value is -1.66.